The van der Waals surface area contributed by atoms with Crippen LogP contribution in [0.25, 0.3) is 11.0 Å². The van der Waals surface area contributed by atoms with Crippen LogP contribution in [0.15, 0.2) is 48.5 Å². The second-order valence-electron chi connectivity index (χ2n) is 5.33. The van der Waals surface area contributed by atoms with Gasteiger partial charge < -0.3 is 5.11 Å². The van der Waals surface area contributed by atoms with Crippen LogP contribution in [0.5, 0.6) is 0 Å². The number of benzene rings is 2. The Morgan fingerprint density at radius 1 is 1.12 bits per heavy atom. The average molecular weight is 326 g/mol. The number of fused-ring (bicyclic) bond motifs is 1. The summed E-state index contributed by atoms with van der Waals surface area (Å²) in [5.41, 5.74) is 10.2. The van der Waals surface area contributed by atoms with Crippen molar-refractivity contribution < 1.29 is 14.5 Å². The van der Waals surface area contributed by atoms with Gasteiger partial charge in [0, 0.05) is 6.42 Å². The summed E-state index contributed by atoms with van der Waals surface area (Å²) >= 11 is 0. The molecule has 0 aliphatic heterocycles. The van der Waals surface area contributed by atoms with Crippen molar-refractivity contribution in [2.75, 3.05) is 5.73 Å². The van der Waals surface area contributed by atoms with E-state index in [9.17, 15) is 4.79 Å². The second kappa shape index (κ2) is 8.15. The highest BCUT2D eigenvalue weighted by atomic mass is 16.4. The highest BCUT2D eigenvalue weighted by Crippen LogP contribution is 2.15. The van der Waals surface area contributed by atoms with Crippen LogP contribution in [0, 0.1) is 0 Å². The van der Waals surface area contributed by atoms with Crippen molar-refractivity contribution in [2.24, 2.45) is 0 Å². The van der Waals surface area contributed by atoms with Gasteiger partial charge in [-0.25, -0.2) is 9.55 Å². The Hall–Kier alpha value is -2.82. The number of aromatic nitrogens is 2. The highest BCUT2D eigenvalue weighted by molar-refractivity contribution is 5.74. The Kier molecular flexibility index (Phi) is 5.95. The van der Waals surface area contributed by atoms with Gasteiger partial charge in [0.05, 0.1) is 6.54 Å². The Balaban J connectivity index is 0.00000100. The number of H-pyrrole nitrogens is 1. The van der Waals surface area contributed by atoms with Crippen molar-refractivity contribution in [3.05, 3.63) is 59.7 Å². The van der Waals surface area contributed by atoms with Gasteiger partial charge >= 0.3 is 11.9 Å². The molecule has 1 heterocycles. The van der Waals surface area contributed by atoms with Crippen LogP contribution in [0.4, 0.5) is 5.95 Å². The molecule has 0 aliphatic carbocycles. The maximum absolute atomic E-state index is 10.7. The number of nitrogens with one attached hydrogen (secondary N) is 1. The first-order valence-electron chi connectivity index (χ1n) is 8.19. The number of anilines is 1. The molecule has 0 aliphatic rings. The summed E-state index contributed by atoms with van der Waals surface area (Å²) in [6.45, 7) is 4.70. The van der Waals surface area contributed by atoms with Crippen molar-refractivity contribution in [3.63, 3.8) is 0 Å². The summed E-state index contributed by atoms with van der Waals surface area (Å²) in [5, 5.41) is 8.77. The quantitative estimate of drug-likeness (QED) is 0.630. The summed E-state index contributed by atoms with van der Waals surface area (Å²) < 4.78 is 2.02. The number of carboxylic acid groups (broad SMARTS) is 1. The number of carboxylic acids is 1. The van der Waals surface area contributed by atoms with E-state index in [0.717, 1.165) is 16.6 Å². The molecular formula is C19H24N3O2+. The van der Waals surface area contributed by atoms with Gasteiger partial charge in [0.2, 0.25) is 0 Å². The van der Waals surface area contributed by atoms with Crippen molar-refractivity contribution in [1.29, 1.82) is 0 Å². The Morgan fingerprint density at radius 2 is 1.83 bits per heavy atom. The second-order valence-corrected chi connectivity index (χ2v) is 5.33. The van der Waals surface area contributed by atoms with Crippen LogP contribution in [0.3, 0.4) is 0 Å². The fourth-order valence-corrected chi connectivity index (χ4v) is 2.60. The molecule has 0 radical (unpaired) electrons. The number of rotatable bonds is 5. The van der Waals surface area contributed by atoms with E-state index in [1.165, 1.54) is 5.56 Å². The van der Waals surface area contributed by atoms with Gasteiger partial charge in [0.1, 0.15) is 11.0 Å². The Bertz CT molecular complexity index is 810. The van der Waals surface area contributed by atoms with Crippen LogP contribution >= 0.6 is 0 Å². The number of hydrogen-bond acceptors (Lipinski definition) is 2. The van der Waals surface area contributed by atoms with Crippen molar-refractivity contribution in [2.45, 2.75) is 33.2 Å². The van der Waals surface area contributed by atoms with Crippen molar-refractivity contribution in [3.8, 4) is 0 Å². The molecule has 0 amide bonds. The molecular weight excluding hydrogens is 302 g/mol. The molecule has 24 heavy (non-hydrogen) atoms. The van der Waals surface area contributed by atoms with Crippen LogP contribution < -0.4 is 10.3 Å². The predicted octanol–water partition coefficient (Wildman–Crippen LogP) is 3.13. The molecule has 0 saturated heterocycles. The number of nitrogen functional groups attached to an aromatic ring is 1. The fraction of sp³-hybridized carbons (Fsp3) is 0.263. The third-order valence-corrected chi connectivity index (χ3v) is 3.72. The molecule has 5 nitrogen and oxygen atoms in total. The third kappa shape index (κ3) is 4.13. The topological polar surface area (TPSA) is 83.0 Å². The van der Waals surface area contributed by atoms with Gasteiger partial charge in [-0.1, -0.05) is 50.2 Å². The molecule has 0 atom stereocenters. The average Bonchev–Trinajstić information content (AvgIpc) is 2.91. The number of hydrogen-bond donors (Lipinski definition) is 3. The summed E-state index contributed by atoms with van der Waals surface area (Å²) in [7, 11) is 0. The van der Waals surface area contributed by atoms with E-state index in [1.54, 1.807) is 0 Å². The van der Waals surface area contributed by atoms with Crippen LogP contribution in [0.2, 0.25) is 0 Å². The summed E-state index contributed by atoms with van der Waals surface area (Å²) in [6, 6.07) is 16.0. The molecule has 0 unspecified atom stereocenters. The maximum atomic E-state index is 10.7. The molecule has 0 saturated carbocycles. The predicted molar refractivity (Wildman–Crippen MR) is 95.8 cm³/mol. The first-order valence-corrected chi connectivity index (χ1v) is 8.19. The van der Waals surface area contributed by atoms with E-state index in [1.807, 2.05) is 54.8 Å². The molecule has 3 aromatic rings. The smallest absolute Gasteiger partial charge is 0.353 e. The number of aliphatic carboxylic acids is 1. The number of aromatic amines is 1. The fourth-order valence-electron chi connectivity index (χ4n) is 2.60. The first-order chi connectivity index (χ1) is 11.6. The van der Waals surface area contributed by atoms with Crippen LogP contribution in [-0.4, -0.2) is 16.1 Å². The summed E-state index contributed by atoms with van der Waals surface area (Å²) in [4.78, 5) is 13.8. The zero-order valence-electron chi connectivity index (χ0n) is 14.1. The minimum Gasteiger partial charge on any atom is -0.481 e. The standard InChI is InChI=1S/C17H17N3O2.C2H6/c18-17-19-14-10-12(7-9-16(21)22)6-8-15(14)20(17)11-13-4-2-1-3-5-13;1-2/h1-6,8,10H,7,9,11H2,(H3,18,19,21,22);1-2H3/p+1. The molecule has 1 aromatic heterocycles. The first kappa shape index (κ1) is 17.5. The molecule has 0 spiro atoms. The monoisotopic (exact) mass is 326 g/mol. The Morgan fingerprint density at radius 3 is 2.50 bits per heavy atom. The maximum Gasteiger partial charge on any atom is 0.353 e. The summed E-state index contributed by atoms with van der Waals surface area (Å²) in [5.74, 6) is -0.195. The van der Waals surface area contributed by atoms with Crippen molar-refractivity contribution >= 4 is 23.0 Å². The van der Waals surface area contributed by atoms with Gasteiger partial charge in [-0.3, -0.25) is 10.5 Å². The minimum atomic E-state index is -0.787. The van der Waals surface area contributed by atoms with Gasteiger partial charge in [-0.2, -0.15) is 0 Å². The highest BCUT2D eigenvalue weighted by Gasteiger charge is 2.15. The molecule has 0 fully saturated rings. The number of aryl methyl sites for hydroxylation is 1. The van der Waals surface area contributed by atoms with E-state index >= 15 is 0 Å². The summed E-state index contributed by atoms with van der Waals surface area (Å²) in [6.07, 6.45) is 0.647. The zero-order chi connectivity index (χ0) is 17.5. The van der Waals surface area contributed by atoms with Gasteiger partial charge in [0.25, 0.3) is 0 Å². The van der Waals surface area contributed by atoms with E-state index < -0.39 is 5.97 Å². The lowest BCUT2D eigenvalue weighted by Crippen LogP contribution is -2.36. The van der Waals surface area contributed by atoms with Gasteiger partial charge in [-0.05, 0) is 29.7 Å². The van der Waals surface area contributed by atoms with E-state index in [0.29, 0.717) is 18.9 Å². The third-order valence-electron chi connectivity index (χ3n) is 3.72. The number of carbonyl (C=O) groups is 1. The largest absolute Gasteiger partial charge is 0.481 e. The minimum absolute atomic E-state index is 0.131. The lowest BCUT2D eigenvalue weighted by Gasteiger charge is -2.02. The van der Waals surface area contributed by atoms with E-state index in [4.69, 9.17) is 10.8 Å². The molecule has 5 heteroatoms. The van der Waals surface area contributed by atoms with Crippen molar-refractivity contribution in [1.82, 2.24) is 4.98 Å². The Labute approximate surface area is 141 Å². The molecule has 126 valence electrons. The van der Waals surface area contributed by atoms with Gasteiger partial charge in [-0.15, -0.1) is 0 Å². The van der Waals surface area contributed by atoms with Crippen LogP contribution in [0.1, 0.15) is 31.4 Å². The number of nitrogens with two attached hydrogens (primary N) is 1. The molecule has 2 aromatic carbocycles. The van der Waals surface area contributed by atoms with Crippen LogP contribution in [-0.2, 0) is 17.8 Å². The lowest BCUT2D eigenvalue weighted by atomic mass is 10.1. The molecule has 3 rings (SSSR count). The number of nitrogens with zero attached hydrogens (tertiary/aromatic N) is 1. The van der Waals surface area contributed by atoms with E-state index in [-0.39, 0.29) is 6.42 Å². The lowest BCUT2D eigenvalue weighted by molar-refractivity contribution is -0.647. The zero-order valence-corrected chi connectivity index (χ0v) is 14.1. The van der Waals surface area contributed by atoms with Gasteiger partial charge in [0.15, 0.2) is 0 Å². The molecule has 0 bridgehead atoms. The van der Waals surface area contributed by atoms with E-state index in [2.05, 4.69) is 17.1 Å². The normalized spacial score (nSPS) is 10.2. The number of imidazole rings is 1. The SMILES string of the molecule is CC.Nc1[nH]c2cc(CCC(=O)O)ccc2[n+]1Cc1ccccc1. The molecule has 4 N–H and O–H groups in total.